The number of rotatable bonds is 9. The van der Waals surface area contributed by atoms with Crippen molar-refractivity contribution in [2.24, 2.45) is 0 Å². The standard InChI is InChI=1S/C20H25FN3O8P/c1-12(19(27)30-10-13-6-4-3-5-7-13)23-33(2,29)31-11-16-15(25)8-17(32-16)24-9-14(21)18(26)22-20(24)28/h3-7,9,12,15-17,25H,8,10-11H2,1-2H3,(H,23,29)(H,22,26,28)/t12-,15?,16+,17+,33?/m0/s1. The van der Waals surface area contributed by atoms with Crippen LogP contribution in [0.5, 0.6) is 0 Å². The summed E-state index contributed by atoms with van der Waals surface area (Å²) in [6, 6.07) is 8.13. The molecule has 3 N–H and O–H groups in total. The van der Waals surface area contributed by atoms with Crippen LogP contribution in [0, 0.1) is 5.82 Å². The molecular weight excluding hydrogens is 460 g/mol. The maximum absolute atomic E-state index is 13.5. The summed E-state index contributed by atoms with van der Waals surface area (Å²) in [5, 5.41) is 12.8. The summed E-state index contributed by atoms with van der Waals surface area (Å²) in [5.74, 6) is -1.80. The van der Waals surface area contributed by atoms with Crippen molar-refractivity contribution in [2.75, 3.05) is 13.3 Å². The first-order valence-corrected chi connectivity index (χ1v) is 12.2. The molecule has 1 aromatic carbocycles. The molecule has 2 aromatic rings. The van der Waals surface area contributed by atoms with Gasteiger partial charge in [0.2, 0.25) is 5.82 Å². The third-order valence-corrected chi connectivity index (χ3v) is 6.43. The van der Waals surface area contributed by atoms with Gasteiger partial charge in [-0.05, 0) is 12.5 Å². The molecule has 0 amide bonds. The molecule has 11 nitrogen and oxygen atoms in total. The highest BCUT2D eigenvalue weighted by Gasteiger charge is 2.37. The molecule has 1 fully saturated rings. The summed E-state index contributed by atoms with van der Waals surface area (Å²) in [5.41, 5.74) is -1.26. The van der Waals surface area contributed by atoms with Crippen LogP contribution in [0.25, 0.3) is 0 Å². The number of aliphatic hydroxyl groups excluding tert-OH is 1. The zero-order valence-corrected chi connectivity index (χ0v) is 18.9. The summed E-state index contributed by atoms with van der Waals surface area (Å²) in [7, 11) is -3.51. The molecule has 5 atom stereocenters. The maximum Gasteiger partial charge on any atom is 0.330 e. The molecule has 0 saturated carbocycles. The Bertz CT molecular complexity index is 1140. The third kappa shape index (κ3) is 6.68. The van der Waals surface area contributed by atoms with Gasteiger partial charge in [-0.2, -0.15) is 4.39 Å². The normalized spacial score (nSPS) is 23.1. The Hall–Kier alpha value is -2.63. The smallest absolute Gasteiger partial charge is 0.330 e. The van der Waals surface area contributed by atoms with E-state index < -0.39 is 55.0 Å². The second-order valence-corrected chi connectivity index (χ2v) is 9.87. The molecule has 1 saturated heterocycles. The third-order valence-electron chi connectivity index (χ3n) is 4.93. The van der Waals surface area contributed by atoms with Gasteiger partial charge in [-0.3, -0.25) is 23.7 Å². The number of nitrogens with one attached hydrogen (secondary N) is 2. The number of carbonyl (C=O) groups excluding carboxylic acids is 1. The zero-order valence-electron chi connectivity index (χ0n) is 18.0. The van der Waals surface area contributed by atoms with Gasteiger partial charge in [0.1, 0.15) is 25.0 Å². The lowest BCUT2D eigenvalue weighted by molar-refractivity contribution is -0.146. The van der Waals surface area contributed by atoms with E-state index in [4.69, 9.17) is 14.0 Å². The quantitative estimate of drug-likeness (QED) is 0.348. The highest BCUT2D eigenvalue weighted by Crippen LogP contribution is 2.40. The molecule has 3 rings (SSSR count). The van der Waals surface area contributed by atoms with Gasteiger partial charge >= 0.3 is 11.7 Å². The molecule has 1 aromatic heterocycles. The molecule has 1 aliphatic heterocycles. The van der Waals surface area contributed by atoms with Gasteiger partial charge in [0.15, 0.2) is 0 Å². The van der Waals surface area contributed by atoms with Crippen LogP contribution in [0.2, 0.25) is 0 Å². The fraction of sp³-hybridized carbons (Fsp3) is 0.450. The van der Waals surface area contributed by atoms with Crippen LogP contribution in [0.1, 0.15) is 25.1 Å². The number of H-pyrrole nitrogens is 1. The van der Waals surface area contributed by atoms with E-state index in [-0.39, 0.29) is 19.6 Å². The number of nitrogens with zero attached hydrogens (tertiary/aromatic N) is 1. The predicted octanol–water partition coefficient (Wildman–Crippen LogP) is 0.885. The molecule has 0 radical (unpaired) electrons. The Kier molecular flexibility index (Phi) is 7.98. The van der Waals surface area contributed by atoms with Crippen LogP contribution >= 0.6 is 7.52 Å². The second kappa shape index (κ2) is 10.5. The molecule has 2 unspecified atom stereocenters. The van der Waals surface area contributed by atoms with Gasteiger partial charge in [-0.1, -0.05) is 30.3 Å². The van der Waals surface area contributed by atoms with E-state index in [9.17, 15) is 28.4 Å². The van der Waals surface area contributed by atoms with Crippen LogP contribution in [0.3, 0.4) is 0 Å². The number of halogens is 1. The van der Waals surface area contributed by atoms with Crippen LogP contribution < -0.4 is 16.3 Å². The zero-order chi connectivity index (χ0) is 24.2. The minimum Gasteiger partial charge on any atom is -0.460 e. The van der Waals surface area contributed by atoms with E-state index in [1.54, 1.807) is 12.1 Å². The topological polar surface area (TPSA) is 149 Å². The van der Waals surface area contributed by atoms with Crippen LogP contribution in [-0.4, -0.2) is 52.1 Å². The van der Waals surface area contributed by atoms with E-state index in [0.29, 0.717) is 6.20 Å². The van der Waals surface area contributed by atoms with E-state index in [0.717, 1.165) is 10.1 Å². The summed E-state index contributed by atoms with van der Waals surface area (Å²) < 4.78 is 43.1. The Labute approximate surface area is 188 Å². The molecule has 0 bridgehead atoms. The number of esters is 1. The molecular formula is C20H25FN3O8P. The summed E-state index contributed by atoms with van der Waals surface area (Å²) >= 11 is 0. The van der Waals surface area contributed by atoms with Gasteiger partial charge in [-0.15, -0.1) is 0 Å². The summed E-state index contributed by atoms with van der Waals surface area (Å²) in [4.78, 5) is 37.0. The van der Waals surface area contributed by atoms with E-state index >= 15 is 0 Å². The van der Waals surface area contributed by atoms with Gasteiger partial charge in [0, 0.05) is 13.1 Å². The summed E-state index contributed by atoms with van der Waals surface area (Å²) in [6.07, 6.45) is -2.53. The van der Waals surface area contributed by atoms with Crippen molar-refractivity contribution >= 4 is 13.5 Å². The van der Waals surface area contributed by atoms with Crippen molar-refractivity contribution in [3.05, 3.63) is 68.7 Å². The van der Waals surface area contributed by atoms with E-state index in [1.807, 2.05) is 23.2 Å². The highest BCUT2D eigenvalue weighted by atomic mass is 31.2. The Morgan fingerprint density at radius 1 is 1.39 bits per heavy atom. The highest BCUT2D eigenvalue weighted by molar-refractivity contribution is 7.56. The molecule has 0 spiro atoms. The Balaban J connectivity index is 1.51. The minimum atomic E-state index is -3.51. The number of ether oxygens (including phenoxy) is 2. The fourth-order valence-electron chi connectivity index (χ4n) is 3.22. The van der Waals surface area contributed by atoms with Crippen molar-refractivity contribution in [3.63, 3.8) is 0 Å². The fourth-order valence-corrected chi connectivity index (χ4v) is 4.54. The lowest BCUT2D eigenvalue weighted by Gasteiger charge is -2.22. The average Bonchev–Trinajstić information content (AvgIpc) is 3.14. The SMILES string of the molecule is C[C@H](NP(C)(=O)OC[C@H]1O[C@@H](n2cc(F)c(=O)[nH]c2=O)CC1O)C(=O)OCc1ccccc1. The lowest BCUT2D eigenvalue weighted by Crippen LogP contribution is -2.35. The number of carbonyl (C=O) groups is 1. The van der Waals surface area contributed by atoms with Crippen molar-refractivity contribution in [1.29, 1.82) is 0 Å². The first-order valence-electron chi connectivity index (χ1n) is 10.1. The molecule has 33 heavy (non-hydrogen) atoms. The molecule has 13 heteroatoms. The first kappa shape index (κ1) is 25.0. The number of benzene rings is 1. The van der Waals surface area contributed by atoms with Crippen molar-refractivity contribution < 1.29 is 32.9 Å². The molecule has 2 heterocycles. The number of aromatic nitrogens is 2. The molecule has 180 valence electrons. The number of hydrogen-bond acceptors (Lipinski definition) is 8. The van der Waals surface area contributed by atoms with Crippen molar-refractivity contribution in [1.82, 2.24) is 14.6 Å². The predicted molar refractivity (Wildman–Crippen MR) is 114 cm³/mol. The molecule has 1 aliphatic rings. The number of aromatic amines is 1. The maximum atomic E-state index is 13.5. The minimum absolute atomic E-state index is 0.0643. The largest absolute Gasteiger partial charge is 0.460 e. The lowest BCUT2D eigenvalue weighted by atomic mass is 10.2. The monoisotopic (exact) mass is 485 g/mol. The Morgan fingerprint density at radius 2 is 2.09 bits per heavy atom. The number of aliphatic hydroxyl groups is 1. The summed E-state index contributed by atoms with van der Waals surface area (Å²) in [6.45, 7) is 2.47. The van der Waals surface area contributed by atoms with Crippen LogP contribution in [0.4, 0.5) is 4.39 Å². The van der Waals surface area contributed by atoms with Gasteiger partial charge < -0.3 is 19.1 Å². The van der Waals surface area contributed by atoms with Crippen molar-refractivity contribution in [2.45, 2.75) is 44.4 Å². The van der Waals surface area contributed by atoms with Gasteiger partial charge in [0.25, 0.3) is 13.1 Å². The van der Waals surface area contributed by atoms with Crippen LogP contribution in [-0.2, 0) is 30.0 Å². The second-order valence-electron chi connectivity index (χ2n) is 7.66. The molecule has 0 aliphatic carbocycles. The van der Waals surface area contributed by atoms with Crippen molar-refractivity contribution in [3.8, 4) is 0 Å². The van der Waals surface area contributed by atoms with E-state index in [2.05, 4.69) is 5.09 Å². The van der Waals surface area contributed by atoms with Gasteiger partial charge in [-0.25, -0.2) is 9.88 Å². The first-order chi connectivity index (χ1) is 15.6. The van der Waals surface area contributed by atoms with E-state index in [1.165, 1.54) is 13.6 Å². The average molecular weight is 485 g/mol. The number of hydrogen-bond donors (Lipinski definition) is 3. The van der Waals surface area contributed by atoms with Crippen LogP contribution in [0.15, 0.2) is 46.1 Å². The Morgan fingerprint density at radius 3 is 2.79 bits per heavy atom. The van der Waals surface area contributed by atoms with Gasteiger partial charge in [0.05, 0.1) is 18.9 Å².